The molecule has 0 fully saturated rings. The van der Waals surface area contributed by atoms with Crippen LogP contribution in [0.5, 0.6) is 0 Å². The number of hydrogen-bond acceptors (Lipinski definition) is 4. The lowest BCUT2D eigenvalue weighted by Crippen LogP contribution is -2.23. The summed E-state index contributed by atoms with van der Waals surface area (Å²) in [6, 6.07) is 54.1. The molecule has 0 spiro atoms. The van der Waals surface area contributed by atoms with Gasteiger partial charge in [0.25, 0.3) is 0 Å². The van der Waals surface area contributed by atoms with Crippen LogP contribution in [0.25, 0.3) is 61.6 Å². The Morgan fingerprint density at radius 2 is 0.958 bits per heavy atom. The van der Waals surface area contributed by atoms with Gasteiger partial charge in [0.15, 0.2) is 17.5 Å². The van der Waals surface area contributed by atoms with Gasteiger partial charge in [-0.3, -0.25) is 0 Å². The molecule has 0 radical (unpaired) electrons. The predicted octanol–water partition coefficient (Wildman–Crippen LogP) is 10.5. The van der Waals surface area contributed by atoms with E-state index in [4.69, 9.17) is 15.0 Å². The van der Waals surface area contributed by atoms with Gasteiger partial charge in [-0.25, -0.2) is 15.0 Å². The highest BCUT2D eigenvalue weighted by Crippen LogP contribution is 2.42. The quantitative estimate of drug-likeness (QED) is 0.187. The fourth-order valence-electron chi connectivity index (χ4n) is 6.50. The standard InChI is InChI=1S/C44H30N4/c45-30-44(28-26-32(27-29-44)31-12-4-1-5-13-31)40-25-24-37(38-18-10-11-19-39(38)40)33-20-22-36(23-21-33)43-47-41(34-14-6-2-7-15-34)46-42(48-43)35-16-8-3-9-17-35/h1-28H,29H2. The first-order valence-electron chi connectivity index (χ1n) is 16.1. The van der Waals surface area contributed by atoms with E-state index in [1.165, 1.54) is 0 Å². The molecule has 1 aromatic heterocycles. The van der Waals surface area contributed by atoms with Gasteiger partial charge in [-0.15, -0.1) is 0 Å². The lowest BCUT2D eigenvalue weighted by atomic mass is 9.73. The molecule has 0 saturated carbocycles. The summed E-state index contributed by atoms with van der Waals surface area (Å²) >= 11 is 0. The van der Waals surface area contributed by atoms with Crippen molar-refractivity contribution in [1.29, 1.82) is 5.26 Å². The molecule has 0 aliphatic heterocycles. The van der Waals surface area contributed by atoms with E-state index in [0.29, 0.717) is 23.9 Å². The third-order valence-electron chi connectivity index (χ3n) is 9.06. The second-order valence-corrected chi connectivity index (χ2v) is 12.0. The van der Waals surface area contributed by atoms with Gasteiger partial charge in [-0.1, -0.05) is 170 Å². The number of hydrogen-bond donors (Lipinski definition) is 0. The SMILES string of the molecule is N#CC1(c2ccc(-c3ccc(-c4nc(-c5ccccc5)nc(-c5ccccc5)n4)cc3)c3ccccc23)C=CC(c2ccccc2)=CC1. The summed E-state index contributed by atoms with van der Waals surface area (Å²) in [6.07, 6.45) is 6.97. The number of nitrogens with zero attached hydrogens (tertiary/aromatic N) is 4. The van der Waals surface area contributed by atoms with E-state index in [1.54, 1.807) is 0 Å². The van der Waals surface area contributed by atoms with Gasteiger partial charge < -0.3 is 0 Å². The second-order valence-electron chi connectivity index (χ2n) is 12.0. The first kappa shape index (κ1) is 29.0. The van der Waals surface area contributed by atoms with Gasteiger partial charge in [0.1, 0.15) is 5.41 Å². The summed E-state index contributed by atoms with van der Waals surface area (Å²) in [5.74, 6) is 1.90. The summed E-state index contributed by atoms with van der Waals surface area (Å²) < 4.78 is 0. The Labute approximate surface area is 280 Å². The smallest absolute Gasteiger partial charge is 0.164 e. The van der Waals surface area contributed by atoms with Crippen molar-refractivity contribution in [3.05, 3.63) is 181 Å². The number of fused-ring (bicyclic) bond motifs is 1. The molecule has 1 aliphatic carbocycles. The van der Waals surface area contributed by atoms with Crippen LogP contribution in [-0.4, -0.2) is 15.0 Å². The molecule has 1 atom stereocenters. The number of rotatable bonds is 6. The van der Waals surface area contributed by atoms with E-state index >= 15 is 0 Å². The minimum absolute atomic E-state index is 0.615. The van der Waals surface area contributed by atoms with E-state index in [1.807, 2.05) is 78.9 Å². The van der Waals surface area contributed by atoms with E-state index in [2.05, 4.69) is 97.1 Å². The third kappa shape index (κ3) is 5.38. The number of benzene rings is 6. The molecule has 6 aromatic carbocycles. The highest BCUT2D eigenvalue weighted by Gasteiger charge is 2.32. The van der Waals surface area contributed by atoms with Crippen LogP contribution >= 0.6 is 0 Å². The van der Waals surface area contributed by atoms with Crippen LogP contribution in [0.2, 0.25) is 0 Å². The zero-order valence-corrected chi connectivity index (χ0v) is 26.2. The Morgan fingerprint density at radius 1 is 0.479 bits per heavy atom. The largest absolute Gasteiger partial charge is 0.208 e. The summed E-state index contributed by atoms with van der Waals surface area (Å²) in [4.78, 5) is 14.6. The van der Waals surface area contributed by atoms with Gasteiger partial charge in [-0.2, -0.15) is 5.26 Å². The number of nitriles is 1. The highest BCUT2D eigenvalue weighted by molar-refractivity contribution is 6.00. The number of allylic oxidation sites excluding steroid dienone is 4. The highest BCUT2D eigenvalue weighted by atomic mass is 15.0. The molecule has 226 valence electrons. The van der Waals surface area contributed by atoms with Gasteiger partial charge >= 0.3 is 0 Å². The van der Waals surface area contributed by atoms with Gasteiger partial charge in [-0.05, 0) is 45.0 Å². The fraction of sp³-hybridized carbons (Fsp3) is 0.0455. The van der Waals surface area contributed by atoms with Crippen molar-refractivity contribution >= 4 is 16.3 Å². The molecular formula is C44H30N4. The van der Waals surface area contributed by atoms with E-state index in [9.17, 15) is 5.26 Å². The molecule has 0 bridgehead atoms. The molecule has 1 heterocycles. The zero-order chi connectivity index (χ0) is 32.3. The van der Waals surface area contributed by atoms with Crippen LogP contribution in [0.1, 0.15) is 17.5 Å². The van der Waals surface area contributed by atoms with Crippen LogP contribution in [0.15, 0.2) is 170 Å². The average Bonchev–Trinajstić information content (AvgIpc) is 3.18. The van der Waals surface area contributed by atoms with E-state index in [0.717, 1.165) is 55.3 Å². The summed E-state index contributed by atoms with van der Waals surface area (Å²) in [5.41, 5.74) is 7.57. The summed E-state index contributed by atoms with van der Waals surface area (Å²) in [7, 11) is 0. The lowest BCUT2D eigenvalue weighted by molar-refractivity contribution is 0.699. The first-order valence-corrected chi connectivity index (χ1v) is 16.1. The minimum Gasteiger partial charge on any atom is -0.208 e. The van der Waals surface area contributed by atoms with Crippen LogP contribution in [0.3, 0.4) is 0 Å². The molecule has 4 nitrogen and oxygen atoms in total. The maximum absolute atomic E-state index is 10.6. The van der Waals surface area contributed by atoms with Crippen LogP contribution in [0, 0.1) is 11.3 Å². The Morgan fingerprint density at radius 3 is 1.48 bits per heavy atom. The molecule has 48 heavy (non-hydrogen) atoms. The predicted molar refractivity (Wildman–Crippen MR) is 195 cm³/mol. The summed E-state index contributed by atoms with van der Waals surface area (Å²) in [5, 5.41) is 12.8. The topological polar surface area (TPSA) is 62.5 Å². The van der Waals surface area contributed by atoms with E-state index < -0.39 is 5.41 Å². The molecule has 0 N–H and O–H groups in total. The van der Waals surface area contributed by atoms with Crippen LogP contribution < -0.4 is 0 Å². The van der Waals surface area contributed by atoms with Crippen molar-refractivity contribution in [1.82, 2.24) is 15.0 Å². The third-order valence-corrected chi connectivity index (χ3v) is 9.06. The monoisotopic (exact) mass is 614 g/mol. The van der Waals surface area contributed by atoms with Gasteiger partial charge in [0.2, 0.25) is 0 Å². The second kappa shape index (κ2) is 12.4. The average molecular weight is 615 g/mol. The maximum Gasteiger partial charge on any atom is 0.164 e. The molecule has 1 unspecified atom stereocenters. The van der Waals surface area contributed by atoms with Crippen LogP contribution in [0.4, 0.5) is 0 Å². The maximum atomic E-state index is 10.6. The van der Waals surface area contributed by atoms with Crippen molar-refractivity contribution in [3.63, 3.8) is 0 Å². The molecule has 1 aliphatic rings. The number of aromatic nitrogens is 3. The van der Waals surface area contributed by atoms with Crippen LogP contribution in [-0.2, 0) is 5.41 Å². The Bertz CT molecular complexity index is 2300. The molecule has 7 aromatic rings. The summed E-state index contributed by atoms with van der Waals surface area (Å²) in [6.45, 7) is 0. The Kier molecular flexibility index (Phi) is 7.49. The first-order chi connectivity index (χ1) is 23.7. The Hall–Kier alpha value is -6.44. The molecule has 8 rings (SSSR count). The van der Waals surface area contributed by atoms with E-state index in [-0.39, 0.29) is 0 Å². The zero-order valence-electron chi connectivity index (χ0n) is 26.2. The molecule has 4 heteroatoms. The van der Waals surface area contributed by atoms with Crippen molar-refractivity contribution in [3.8, 4) is 51.4 Å². The minimum atomic E-state index is -0.744. The molecule has 0 amide bonds. The fourth-order valence-corrected chi connectivity index (χ4v) is 6.50. The van der Waals surface area contributed by atoms with Crippen molar-refractivity contribution < 1.29 is 0 Å². The van der Waals surface area contributed by atoms with Crippen molar-refractivity contribution in [2.75, 3.05) is 0 Å². The molecule has 0 saturated heterocycles. The van der Waals surface area contributed by atoms with Crippen molar-refractivity contribution in [2.45, 2.75) is 11.8 Å². The lowest BCUT2D eigenvalue weighted by Gasteiger charge is -2.28. The Balaban J connectivity index is 1.16. The molecular weight excluding hydrogens is 585 g/mol. The normalized spacial score (nSPS) is 15.5. The van der Waals surface area contributed by atoms with Gasteiger partial charge in [0, 0.05) is 16.7 Å². The van der Waals surface area contributed by atoms with Gasteiger partial charge in [0.05, 0.1) is 6.07 Å². The van der Waals surface area contributed by atoms with Crippen molar-refractivity contribution in [2.24, 2.45) is 0 Å².